The molecule has 0 atom stereocenters. The van der Waals surface area contributed by atoms with Crippen LogP contribution in [0.25, 0.3) is 11.1 Å². The number of allylic oxidation sites excluding steroid dienone is 1. The second-order valence-corrected chi connectivity index (χ2v) is 9.15. The number of carbonyl (C=O) groups is 1. The molecular weight excluding hydrogens is 484 g/mol. The van der Waals surface area contributed by atoms with E-state index in [0.29, 0.717) is 32.7 Å². The summed E-state index contributed by atoms with van der Waals surface area (Å²) in [5.41, 5.74) is 7.06. The minimum absolute atomic E-state index is 0.185. The topological polar surface area (TPSA) is 44.8 Å². The zero-order valence-corrected chi connectivity index (χ0v) is 22.8. The van der Waals surface area contributed by atoms with Crippen molar-refractivity contribution in [2.24, 2.45) is 0 Å². The van der Waals surface area contributed by atoms with E-state index in [-0.39, 0.29) is 5.97 Å². The third-order valence-electron chi connectivity index (χ3n) is 6.41. The lowest BCUT2D eigenvalue weighted by Crippen LogP contribution is -2.06. The van der Waals surface area contributed by atoms with Crippen molar-refractivity contribution in [1.29, 1.82) is 0 Å². The summed E-state index contributed by atoms with van der Waals surface area (Å²) in [5, 5.41) is 0. The molecule has 0 saturated heterocycles. The predicted octanol–water partition coefficient (Wildman–Crippen LogP) is 8.36. The lowest BCUT2D eigenvalue weighted by atomic mass is 9.88. The van der Waals surface area contributed by atoms with Crippen LogP contribution in [0, 0.1) is 0 Å². The molecule has 0 aromatic heterocycles. The summed E-state index contributed by atoms with van der Waals surface area (Å²) in [6, 6.07) is 37.3. The molecule has 200 valence electrons. The van der Waals surface area contributed by atoms with Crippen LogP contribution >= 0.6 is 0 Å². The van der Waals surface area contributed by atoms with E-state index < -0.39 is 0 Å². The van der Waals surface area contributed by atoms with Crippen molar-refractivity contribution in [3.05, 3.63) is 131 Å². The van der Waals surface area contributed by atoms with Crippen LogP contribution < -0.4 is 9.47 Å². The van der Waals surface area contributed by atoms with Crippen LogP contribution in [0.5, 0.6) is 11.5 Å². The molecule has 0 heterocycles. The lowest BCUT2D eigenvalue weighted by molar-refractivity contribution is -0.143. The Morgan fingerprint density at radius 2 is 1.21 bits per heavy atom. The van der Waals surface area contributed by atoms with Gasteiger partial charge in [-0.3, -0.25) is 4.79 Å². The molecule has 4 aromatic carbocycles. The largest absolute Gasteiger partial charge is 0.494 e. The van der Waals surface area contributed by atoms with E-state index in [1.807, 2.05) is 55.5 Å². The fraction of sp³-hybridized carbons (Fsp3) is 0.229. The van der Waals surface area contributed by atoms with Crippen molar-refractivity contribution in [2.75, 3.05) is 13.2 Å². The highest BCUT2D eigenvalue weighted by Crippen LogP contribution is 2.35. The van der Waals surface area contributed by atoms with Crippen molar-refractivity contribution < 1.29 is 19.0 Å². The van der Waals surface area contributed by atoms with Gasteiger partial charge in [-0.25, -0.2) is 0 Å². The van der Waals surface area contributed by atoms with Crippen LogP contribution in [0.15, 0.2) is 109 Å². The molecule has 0 aliphatic heterocycles. The fourth-order valence-corrected chi connectivity index (χ4v) is 4.50. The van der Waals surface area contributed by atoms with E-state index in [9.17, 15) is 4.79 Å². The molecule has 0 bridgehead atoms. The summed E-state index contributed by atoms with van der Waals surface area (Å²) in [4.78, 5) is 11.5. The number of benzene rings is 4. The van der Waals surface area contributed by atoms with E-state index in [1.54, 1.807) is 0 Å². The number of carbonyl (C=O) groups excluding carboxylic acids is 1. The van der Waals surface area contributed by atoms with Gasteiger partial charge < -0.3 is 14.2 Å². The monoisotopic (exact) mass is 520 g/mol. The first-order valence-corrected chi connectivity index (χ1v) is 13.6. The van der Waals surface area contributed by atoms with Gasteiger partial charge in [-0.1, -0.05) is 91.9 Å². The molecule has 0 unspecified atom stereocenters. The third kappa shape index (κ3) is 8.08. The molecule has 0 fully saturated rings. The molecule has 0 spiro atoms. The summed E-state index contributed by atoms with van der Waals surface area (Å²) in [6.45, 7) is 5.42. The minimum Gasteiger partial charge on any atom is -0.494 e. The Bertz CT molecular complexity index is 1330. The molecule has 0 aliphatic rings. The number of rotatable bonds is 13. The van der Waals surface area contributed by atoms with Crippen LogP contribution in [-0.4, -0.2) is 19.2 Å². The number of hydrogen-bond acceptors (Lipinski definition) is 4. The zero-order chi connectivity index (χ0) is 27.3. The molecule has 0 saturated carbocycles. The van der Waals surface area contributed by atoms with Gasteiger partial charge in [0.25, 0.3) is 0 Å². The van der Waals surface area contributed by atoms with Gasteiger partial charge in [0.1, 0.15) is 18.1 Å². The van der Waals surface area contributed by atoms with E-state index >= 15 is 0 Å². The first-order chi connectivity index (χ1) is 19.2. The van der Waals surface area contributed by atoms with Gasteiger partial charge in [0.15, 0.2) is 0 Å². The molecule has 39 heavy (non-hydrogen) atoms. The second kappa shape index (κ2) is 14.6. The van der Waals surface area contributed by atoms with Crippen LogP contribution in [0.4, 0.5) is 0 Å². The maximum atomic E-state index is 11.5. The molecular formula is C35H36O4. The first kappa shape index (κ1) is 27.7. The van der Waals surface area contributed by atoms with Gasteiger partial charge in [0.2, 0.25) is 0 Å². The Morgan fingerprint density at radius 3 is 1.77 bits per heavy atom. The molecule has 4 heteroatoms. The fourth-order valence-electron chi connectivity index (χ4n) is 4.50. The molecule has 0 N–H and O–H groups in total. The highest BCUT2D eigenvalue weighted by molar-refractivity contribution is 5.98. The van der Waals surface area contributed by atoms with Crippen LogP contribution in [0.1, 0.15) is 55.4 Å². The van der Waals surface area contributed by atoms with Gasteiger partial charge in [-0.05, 0) is 77.4 Å². The Labute approximate surface area is 231 Å². The standard InChI is InChI=1S/C35H36O4/c1-3-33(28-14-9-6-10-15-28)35(29-17-21-31(22-18-29)38-25-11-16-34(36)37-4-2)30-19-23-32(24-20-30)39-26-27-12-7-5-8-13-27/h5-10,12-15,17-24H,3-4,11,16,25-26H2,1-2H3/b35-33-. The maximum absolute atomic E-state index is 11.5. The van der Waals surface area contributed by atoms with Gasteiger partial charge in [-0.2, -0.15) is 0 Å². The molecule has 0 amide bonds. The Balaban J connectivity index is 1.55. The van der Waals surface area contributed by atoms with E-state index in [0.717, 1.165) is 34.6 Å². The van der Waals surface area contributed by atoms with Gasteiger partial charge >= 0.3 is 5.97 Å². The average Bonchev–Trinajstić information content (AvgIpc) is 2.99. The van der Waals surface area contributed by atoms with Crippen molar-refractivity contribution in [2.45, 2.75) is 39.7 Å². The highest BCUT2D eigenvalue weighted by Gasteiger charge is 2.14. The Hall–Kier alpha value is -4.31. The summed E-state index contributed by atoms with van der Waals surface area (Å²) in [5.74, 6) is 1.44. The molecule has 4 nitrogen and oxygen atoms in total. The number of hydrogen-bond donors (Lipinski definition) is 0. The Morgan fingerprint density at radius 1 is 0.641 bits per heavy atom. The normalized spacial score (nSPS) is 11.4. The quantitative estimate of drug-likeness (QED) is 0.101. The van der Waals surface area contributed by atoms with Gasteiger partial charge in [0.05, 0.1) is 13.2 Å². The van der Waals surface area contributed by atoms with E-state index in [4.69, 9.17) is 14.2 Å². The number of ether oxygens (including phenoxy) is 3. The van der Waals surface area contributed by atoms with Gasteiger partial charge in [-0.15, -0.1) is 0 Å². The van der Waals surface area contributed by atoms with Crippen molar-refractivity contribution in [3.63, 3.8) is 0 Å². The SMILES string of the molecule is CCOC(=O)CCCOc1ccc(/C(=C(\CC)c2ccccc2)c2ccc(OCc3ccccc3)cc2)cc1. The van der Waals surface area contributed by atoms with Crippen molar-refractivity contribution in [1.82, 2.24) is 0 Å². The molecule has 0 radical (unpaired) electrons. The van der Waals surface area contributed by atoms with Crippen LogP contribution in [0.2, 0.25) is 0 Å². The van der Waals surface area contributed by atoms with Crippen molar-refractivity contribution >= 4 is 17.1 Å². The van der Waals surface area contributed by atoms with Crippen LogP contribution in [0.3, 0.4) is 0 Å². The summed E-state index contributed by atoms with van der Waals surface area (Å²) >= 11 is 0. The first-order valence-electron chi connectivity index (χ1n) is 13.6. The van der Waals surface area contributed by atoms with Crippen LogP contribution in [-0.2, 0) is 16.1 Å². The van der Waals surface area contributed by atoms with E-state index in [1.165, 1.54) is 16.7 Å². The second-order valence-electron chi connectivity index (χ2n) is 9.15. The summed E-state index contributed by atoms with van der Waals surface area (Å²) < 4.78 is 16.9. The third-order valence-corrected chi connectivity index (χ3v) is 6.41. The number of esters is 1. The smallest absolute Gasteiger partial charge is 0.305 e. The summed E-state index contributed by atoms with van der Waals surface area (Å²) in [7, 11) is 0. The average molecular weight is 521 g/mol. The highest BCUT2D eigenvalue weighted by atomic mass is 16.5. The molecule has 4 aromatic rings. The molecule has 4 rings (SSSR count). The lowest BCUT2D eigenvalue weighted by Gasteiger charge is -2.17. The molecule has 0 aliphatic carbocycles. The summed E-state index contributed by atoms with van der Waals surface area (Å²) in [6.07, 6.45) is 1.87. The predicted molar refractivity (Wildman–Crippen MR) is 158 cm³/mol. The Kier molecular flexibility index (Phi) is 10.4. The maximum Gasteiger partial charge on any atom is 0.305 e. The zero-order valence-electron chi connectivity index (χ0n) is 22.8. The minimum atomic E-state index is -0.185. The van der Waals surface area contributed by atoms with Crippen molar-refractivity contribution in [3.8, 4) is 11.5 Å². The van der Waals surface area contributed by atoms with E-state index in [2.05, 4.69) is 67.6 Å². The van der Waals surface area contributed by atoms with Gasteiger partial charge in [0, 0.05) is 6.42 Å².